The van der Waals surface area contributed by atoms with E-state index in [1.54, 1.807) is 0 Å². The first kappa shape index (κ1) is 35.5. The Labute approximate surface area is 228 Å². The Kier molecular flexibility index (Phi) is 28.6. The molecule has 0 aromatic carbocycles. The number of rotatable bonds is 29. The van der Waals surface area contributed by atoms with E-state index in [4.69, 9.17) is 4.74 Å². The van der Waals surface area contributed by atoms with Crippen molar-refractivity contribution in [2.75, 3.05) is 6.61 Å². The number of hydrogen-bond acceptors (Lipinski definition) is 2. The van der Waals surface area contributed by atoms with E-state index in [1.807, 2.05) is 0 Å². The van der Waals surface area contributed by atoms with Gasteiger partial charge in [-0.2, -0.15) is 0 Å². The molecule has 2 unspecified atom stereocenters. The lowest BCUT2D eigenvalue weighted by Gasteiger charge is -2.19. The third-order valence-electron chi connectivity index (χ3n) is 8.04. The molecule has 0 amide bonds. The minimum atomic E-state index is 0.0534. The Morgan fingerprint density at radius 2 is 0.778 bits per heavy atom. The fraction of sp³-hybridized carbons (Fsp3) is 0.971. The van der Waals surface area contributed by atoms with E-state index in [-0.39, 0.29) is 11.9 Å². The molecule has 0 N–H and O–H groups in total. The van der Waals surface area contributed by atoms with Gasteiger partial charge in [0.15, 0.2) is 0 Å². The van der Waals surface area contributed by atoms with Crippen LogP contribution in [0.25, 0.3) is 0 Å². The van der Waals surface area contributed by atoms with Crippen LogP contribution in [0, 0.1) is 11.8 Å². The Bertz CT molecular complexity index is 433. The summed E-state index contributed by atoms with van der Waals surface area (Å²) in [5.74, 6) is 0.686. The van der Waals surface area contributed by atoms with E-state index in [1.165, 1.54) is 161 Å². The topological polar surface area (TPSA) is 26.3 Å². The van der Waals surface area contributed by atoms with Crippen LogP contribution >= 0.6 is 0 Å². The number of esters is 1. The molecular weight excluding hydrogens is 440 g/mol. The van der Waals surface area contributed by atoms with Gasteiger partial charge in [0.05, 0.1) is 12.5 Å². The molecule has 0 fully saturated rings. The Morgan fingerprint density at radius 1 is 0.472 bits per heavy atom. The maximum atomic E-state index is 12.6. The molecule has 0 radical (unpaired) electrons. The minimum absolute atomic E-state index is 0.0534. The van der Waals surface area contributed by atoms with E-state index < -0.39 is 0 Å². The molecule has 0 aromatic heterocycles. The third-order valence-corrected chi connectivity index (χ3v) is 8.04. The molecule has 216 valence electrons. The van der Waals surface area contributed by atoms with E-state index >= 15 is 0 Å². The molecule has 2 nitrogen and oxygen atoms in total. The summed E-state index contributed by atoms with van der Waals surface area (Å²) >= 11 is 0. The Hall–Kier alpha value is -0.530. The fourth-order valence-electron chi connectivity index (χ4n) is 5.31. The lowest BCUT2D eigenvalue weighted by molar-refractivity contribution is -0.149. The Balaban J connectivity index is 3.98. The summed E-state index contributed by atoms with van der Waals surface area (Å²) in [6.45, 7) is 9.58. The molecule has 0 spiro atoms. The van der Waals surface area contributed by atoms with Crippen molar-refractivity contribution in [3.05, 3.63) is 0 Å². The molecule has 0 saturated heterocycles. The average Bonchev–Trinajstić information content (AvgIpc) is 2.88. The maximum Gasteiger partial charge on any atom is 0.308 e. The van der Waals surface area contributed by atoms with Crippen LogP contribution in [0.3, 0.4) is 0 Å². The predicted molar refractivity (Wildman–Crippen MR) is 161 cm³/mol. The summed E-state index contributed by atoms with van der Waals surface area (Å²) in [7, 11) is 0. The highest BCUT2D eigenvalue weighted by molar-refractivity contribution is 5.71. The minimum Gasteiger partial charge on any atom is -0.465 e. The zero-order chi connectivity index (χ0) is 26.5. The zero-order valence-electron chi connectivity index (χ0n) is 25.6. The van der Waals surface area contributed by atoms with Crippen molar-refractivity contribution in [2.24, 2.45) is 11.8 Å². The largest absolute Gasteiger partial charge is 0.465 e. The van der Waals surface area contributed by atoms with Crippen LogP contribution in [0.1, 0.15) is 195 Å². The van der Waals surface area contributed by atoms with E-state index in [2.05, 4.69) is 27.7 Å². The van der Waals surface area contributed by atoms with Gasteiger partial charge in [-0.15, -0.1) is 0 Å². The first-order valence-electron chi connectivity index (χ1n) is 16.8. The molecule has 0 saturated carbocycles. The van der Waals surface area contributed by atoms with Crippen molar-refractivity contribution in [3.63, 3.8) is 0 Å². The summed E-state index contributed by atoms with van der Waals surface area (Å²) in [6.07, 6.45) is 34.6. The van der Waals surface area contributed by atoms with Gasteiger partial charge < -0.3 is 4.74 Å². The van der Waals surface area contributed by atoms with E-state index in [0.717, 1.165) is 6.42 Å². The van der Waals surface area contributed by atoms with Crippen LogP contribution in [0.5, 0.6) is 0 Å². The zero-order valence-corrected chi connectivity index (χ0v) is 25.6. The molecule has 0 aliphatic heterocycles. The molecule has 0 aliphatic rings. The first-order chi connectivity index (χ1) is 17.7. The van der Waals surface area contributed by atoms with Crippen molar-refractivity contribution in [1.29, 1.82) is 0 Å². The number of carbonyl (C=O) groups excluding carboxylic acids is 1. The fourth-order valence-corrected chi connectivity index (χ4v) is 5.31. The van der Waals surface area contributed by atoms with Gasteiger partial charge in [0.2, 0.25) is 0 Å². The summed E-state index contributed by atoms with van der Waals surface area (Å²) < 4.78 is 5.87. The van der Waals surface area contributed by atoms with Crippen LogP contribution in [0.2, 0.25) is 0 Å². The first-order valence-corrected chi connectivity index (χ1v) is 16.8. The second kappa shape index (κ2) is 29.0. The quantitative estimate of drug-likeness (QED) is 0.0741. The van der Waals surface area contributed by atoms with Gasteiger partial charge in [-0.25, -0.2) is 0 Å². The van der Waals surface area contributed by atoms with Crippen LogP contribution in [-0.4, -0.2) is 12.6 Å². The maximum absolute atomic E-state index is 12.6. The normalized spacial score (nSPS) is 13.1. The second-order valence-electron chi connectivity index (χ2n) is 11.8. The monoisotopic (exact) mass is 509 g/mol. The number of unbranched alkanes of at least 4 members (excludes halogenated alkanes) is 20. The number of carbonyl (C=O) groups is 1. The highest BCUT2D eigenvalue weighted by Gasteiger charge is 2.17. The molecule has 2 heteroatoms. The molecule has 0 aliphatic carbocycles. The van der Waals surface area contributed by atoms with Crippen LogP contribution < -0.4 is 0 Å². The van der Waals surface area contributed by atoms with E-state index in [0.29, 0.717) is 12.5 Å². The lowest BCUT2D eigenvalue weighted by Crippen LogP contribution is -2.20. The van der Waals surface area contributed by atoms with Crippen molar-refractivity contribution >= 4 is 5.97 Å². The predicted octanol–water partition coefficient (Wildman–Crippen LogP) is 12.0. The van der Waals surface area contributed by atoms with Gasteiger partial charge in [-0.3, -0.25) is 4.79 Å². The highest BCUT2D eigenvalue weighted by atomic mass is 16.5. The molecule has 0 bridgehead atoms. The second-order valence-corrected chi connectivity index (χ2v) is 11.8. The molecule has 0 rings (SSSR count). The standard InChI is InChI=1S/C34H68O2/c1-5-8-11-14-16-17-18-19-21-23-25-28-32(4)34(35)36-31-33(29-26-22-13-10-7-3)30-27-24-20-15-12-9-6-2/h32-33H,5-31H2,1-4H3. The van der Waals surface area contributed by atoms with Gasteiger partial charge >= 0.3 is 5.97 Å². The van der Waals surface area contributed by atoms with Crippen molar-refractivity contribution in [3.8, 4) is 0 Å². The van der Waals surface area contributed by atoms with Gasteiger partial charge in [-0.05, 0) is 25.2 Å². The van der Waals surface area contributed by atoms with Crippen molar-refractivity contribution in [2.45, 2.75) is 195 Å². The van der Waals surface area contributed by atoms with Crippen LogP contribution in [0.15, 0.2) is 0 Å². The molecule has 0 heterocycles. The summed E-state index contributed by atoms with van der Waals surface area (Å²) in [4.78, 5) is 12.6. The van der Waals surface area contributed by atoms with Crippen LogP contribution in [-0.2, 0) is 9.53 Å². The summed E-state index contributed by atoms with van der Waals surface area (Å²) in [5, 5.41) is 0. The van der Waals surface area contributed by atoms with Gasteiger partial charge in [0.25, 0.3) is 0 Å². The van der Waals surface area contributed by atoms with Gasteiger partial charge in [0.1, 0.15) is 0 Å². The molecular formula is C34H68O2. The average molecular weight is 509 g/mol. The number of ether oxygens (including phenoxy) is 1. The molecule has 2 atom stereocenters. The number of hydrogen-bond donors (Lipinski definition) is 0. The van der Waals surface area contributed by atoms with Gasteiger partial charge in [-0.1, -0.05) is 175 Å². The van der Waals surface area contributed by atoms with E-state index in [9.17, 15) is 4.79 Å². The SMILES string of the molecule is CCCCCCCCCCCCCC(C)C(=O)OCC(CCCCCCC)CCCCCCCCC. The third kappa shape index (κ3) is 25.1. The lowest BCUT2D eigenvalue weighted by atomic mass is 9.94. The van der Waals surface area contributed by atoms with Crippen molar-refractivity contribution in [1.82, 2.24) is 0 Å². The van der Waals surface area contributed by atoms with Crippen molar-refractivity contribution < 1.29 is 9.53 Å². The smallest absolute Gasteiger partial charge is 0.308 e. The molecule has 36 heavy (non-hydrogen) atoms. The highest BCUT2D eigenvalue weighted by Crippen LogP contribution is 2.21. The summed E-state index contributed by atoms with van der Waals surface area (Å²) in [6, 6.07) is 0. The van der Waals surface area contributed by atoms with Crippen LogP contribution in [0.4, 0.5) is 0 Å². The summed E-state index contributed by atoms with van der Waals surface area (Å²) in [5.41, 5.74) is 0. The Morgan fingerprint density at radius 3 is 1.14 bits per heavy atom. The molecule has 0 aromatic rings. The van der Waals surface area contributed by atoms with Gasteiger partial charge in [0, 0.05) is 0 Å².